The molecular formula is C15H23ClN4O10+2. The largest absolute Gasteiger partial charge is 0.480 e. The van der Waals surface area contributed by atoms with E-state index in [4.69, 9.17) is 14.9 Å². The highest BCUT2D eigenvalue weighted by atomic mass is 35.5. The summed E-state index contributed by atoms with van der Waals surface area (Å²) in [5.74, 6) is -1.87. The number of carboxylic acid groups (broad SMARTS) is 1. The molecule has 0 spiro atoms. The van der Waals surface area contributed by atoms with Gasteiger partial charge < -0.3 is 25.6 Å². The topological polar surface area (TPSA) is 177 Å². The second-order valence-electron chi connectivity index (χ2n) is 5.04. The Kier molecular flexibility index (Phi) is 14.0. The van der Waals surface area contributed by atoms with Gasteiger partial charge in [0.1, 0.15) is 10.5 Å². The summed E-state index contributed by atoms with van der Waals surface area (Å²) in [7, 11) is 2.52. The molecule has 4 N–H and O–H groups in total. The number of pyridine rings is 1. The van der Waals surface area contributed by atoms with E-state index >= 15 is 0 Å². The predicted octanol–water partition coefficient (Wildman–Crippen LogP) is -1.11. The quantitative estimate of drug-likeness (QED) is 0.182. The van der Waals surface area contributed by atoms with Gasteiger partial charge in [-0.15, -0.1) is 0 Å². The van der Waals surface area contributed by atoms with E-state index in [1.165, 1.54) is 36.2 Å². The summed E-state index contributed by atoms with van der Waals surface area (Å²) >= 11 is 4.50. The number of nitrogens with zero attached hydrogens (tertiary/aromatic N) is 2. The third-order valence-corrected chi connectivity index (χ3v) is 2.97. The van der Waals surface area contributed by atoms with Crippen LogP contribution in [0, 0.1) is 4.91 Å². The second kappa shape index (κ2) is 15.7. The van der Waals surface area contributed by atoms with Crippen LogP contribution < -0.4 is 15.2 Å². The van der Waals surface area contributed by atoms with E-state index in [0.717, 1.165) is 7.11 Å². The van der Waals surface area contributed by atoms with Gasteiger partial charge in [-0.05, 0) is 6.07 Å². The predicted molar refractivity (Wildman–Crippen MR) is 96.5 cm³/mol. The van der Waals surface area contributed by atoms with Gasteiger partial charge in [0.15, 0.2) is 32.2 Å². The van der Waals surface area contributed by atoms with Gasteiger partial charge in [0.25, 0.3) is 12.6 Å². The van der Waals surface area contributed by atoms with Crippen LogP contribution in [0.4, 0.5) is 4.79 Å². The summed E-state index contributed by atoms with van der Waals surface area (Å²) in [6, 6.07) is 1.56. The number of halogens is 1. The monoisotopic (exact) mass is 454 g/mol. The van der Waals surface area contributed by atoms with E-state index in [-0.39, 0.29) is 30.5 Å². The number of nitrogens with one attached hydrogen (secondary N) is 2. The zero-order valence-corrected chi connectivity index (χ0v) is 16.9. The van der Waals surface area contributed by atoms with Gasteiger partial charge in [0.05, 0.1) is 32.1 Å². The fourth-order valence-electron chi connectivity index (χ4n) is 1.68. The van der Waals surface area contributed by atoms with Crippen molar-refractivity contribution in [2.24, 2.45) is 0 Å². The molecular weight excluding hydrogens is 432 g/mol. The molecule has 1 aromatic rings. The summed E-state index contributed by atoms with van der Waals surface area (Å²) in [5.41, 5.74) is 0.242. The van der Waals surface area contributed by atoms with Crippen molar-refractivity contribution in [2.75, 3.05) is 34.0 Å². The number of hydrogen-bond donors (Lipinski definition) is 4. The number of amides is 2. The van der Waals surface area contributed by atoms with Crippen LogP contribution in [0.1, 0.15) is 10.4 Å². The molecule has 30 heavy (non-hydrogen) atoms. The Labute approximate surface area is 175 Å². The van der Waals surface area contributed by atoms with Gasteiger partial charge in [0, 0.05) is 6.07 Å². The molecule has 0 aliphatic rings. The first-order valence-corrected chi connectivity index (χ1v) is 8.43. The third-order valence-electron chi connectivity index (χ3n) is 2.97. The molecule has 0 bridgehead atoms. The average Bonchev–Trinajstić information content (AvgIpc) is 2.73. The minimum absolute atomic E-state index is 0.0481. The lowest BCUT2D eigenvalue weighted by Gasteiger charge is -2.10. The zero-order valence-electron chi connectivity index (χ0n) is 16.1. The van der Waals surface area contributed by atoms with E-state index in [1.54, 1.807) is 0 Å². The van der Waals surface area contributed by atoms with Crippen molar-refractivity contribution >= 4 is 29.8 Å². The minimum atomic E-state index is -1.48. The molecule has 0 aromatic carbocycles. The summed E-state index contributed by atoms with van der Waals surface area (Å²) in [4.78, 5) is 53.6. The van der Waals surface area contributed by atoms with Crippen LogP contribution in [0.15, 0.2) is 24.5 Å². The van der Waals surface area contributed by atoms with Gasteiger partial charge in [-0.2, -0.15) is 14.2 Å². The van der Waals surface area contributed by atoms with Crippen LogP contribution in [0.5, 0.6) is 0 Å². The lowest BCUT2D eigenvalue weighted by atomic mass is 10.2. The number of aromatic nitrogens is 1. The molecule has 1 unspecified atom stereocenters. The molecule has 0 aliphatic carbocycles. The molecule has 0 radical (unpaired) electrons. The zero-order chi connectivity index (χ0) is 22.9. The summed E-state index contributed by atoms with van der Waals surface area (Å²) in [6.45, 7) is -1.14. The van der Waals surface area contributed by atoms with Crippen molar-refractivity contribution in [3.05, 3.63) is 35.0 Å². The summed E-state index contributed by atoms with van der Waals surface area (Å²) in [6.07, 6.45) is 1.86. The first-order valence-electron chi connectivity index (χ1n) is 8.12. The number of aliphatic hydroxyl groups is 1. The standard InChI is InChI=1S/C14H18N4O9.CH3ClO/c1-25-18(24)27-6-4-15-12(20)10-3-2-5-17(7-10)9-26-14(23)16-11(8-19)13(21)22;1-3-2/h2-3,5,7,11,19H,4,6,8-9H2,1H3,(H-2,15,16,20,21,22,23);1H3/p+2. The number of carbonyl (C=O) groups is 3. The summed E-state index contributed by atoms with van der Waals surface area (Å²) in [5, 5.41) is 21.9. The normalized spacial score (nSPS) is 10.5. The number of ether oxygens (including phenoxy) is 1. The first kappa shape index (κ1) is 26.8. The van der Waals surface area contributed by atoms with Gasteiger partial charge in [-0.25, -0.2) is 9.59 Å². The first-order chi connectivity index (χ1) is 14.3. The average molecular weight is 455 g/mol. The van der Waals surface area contributed by atoms with Crippen molar-refractivity contribution in [1.29, 1.82) is 0 Å². The Balaban J connectivity index is 0.00000263. The molecule has 15 heteroatoms. The van der Waals surface area contributed by atoms with E-state index in [9.17, 15) is 19.3 Å². The lowest BCUT2D eigenvalue weighted by molar-refractivity contribution is -0.976. The van der Waals surface area contributed by atoms with E-state index in [0.29, 0.717) is 0 Å². The highest BCUT2D eigenvalue weighted by molar-refractivity contribution is 6.07. The number of hydrogen-bond acceptors (Lipinski definition) is 9. The van der Waals surface area contributed by atoms with Crippen molar-refractivity contribution in [2.45, 2.75) is 12.8 Å². The van der Waals surface area contributed by atoms with Crippen LogP contribution in [-0.2, 0) is 30.2 Å². The molecule has 1 heterocycles. The molecule has 0 saturated heterocycles. The Morgan fingerprint density at radius 2 is 2.00 bits per heavy atom. The van der Waals surface area contributed by atoms with Crippen LogP contribution in [0.25, 0.3) is 0 Å². The maximum absolute atomic E-state index is 12.0. The minimum Gasteiger partial charge on any atom is -0.480 e. The third kappa shape index (κ3) is 11.6. The maximum atomic E-state index is 12.0. The van der Waals surface area contributed by atoms with Gasteiger partial charge in [-0.1, -0.05) is 0 Å². The molecule has 1 rings (SSSR count). The Bertz CT molecular complexity index is 706. The van der Waals surface area contributed by atoms with Crippen LogP contribution in [0.2, 0.25) is 0 Å². The molecule has 1 atom stereocenters. The molecule has 1 aromatic heterocycles. The van der Waals surface area contributed by atoms with E-state index in [1.807, 2.05) is 5.32 Å². The molecule has 14 nitrogen and oxygen atoms in total. The number of alkyl carbamates (subject to hydrolysis) is 1. The second-order valence-corrected chi connectivity index (χ2v) is 5.34. The number of aliphatic carboxylic acids is 1. The molecule has 2 amide bonds. The van der Waals surface area contributed by atoms with Gasteiger partial charge in [-0.3, -0.25) is 9.08 Å². The van der Waals surface area contributed by atoms with Crippen LogP contribution in [0.3, 0.4) is 0 Å². The molecule has 168 valence electrons. The Hall–Kier alpha value is -3.23. The van der Waals surface area contributed by atoms with Crippen molar-refractivity contribution in [1.82, 2.24) is 10.6 Å². The highest BCUT2D eigenvalue weighted by Crippen LogP contribution is 1.95. The number of carboxylic acids is 1. The van der Waals surface area contributed by atoms with Crippen LogP contribution >= 0.6 is 11.9 Å². The lowest BCUT2D eigenvalue weighted by Crippen LogP contribution is -2.45. The molecule has 0 fully saturated rings. The van der Waals surface area contributed by atoms with Crippen molar-refractivity contribution in [3.63, 3.8) is 0 Å². The van der Waals surface area contributed by atoms with Gasteiger partial charge >= 0.3 is 17.1 Å². The van der Waals surface area contributed by atoms with E-state index < -0.39 is 30.6 Å². The number of aliphatic hydroxyl groups excluding tert-OH is 1. The highest BCUT2D eigenvalue weighted by Gasteiger charge is 2.20. The summed E-state index contributed by atoms with van der Waals surface area (Å²) < 4.78 is 9.90. The number of carbonyl (C=O) groups excluding carboxylic acids is 2. The van der Waals surface area contributed by atoms with E-state index in [2.05, 4.69) is 31.1 Å². The van der Waals surface area contributed by atoms with Crippen LogP contribution in [-0.4, -0.2) is 73.3 Å². The van der Waals surface area contributed by atoms with Crippen molar-refractivity contribution in [3.8, 4) is 0 Å². The fraction of sp³-hybridized carbons (Fsp3) is 0.467. The van der Waals surface area contributed by atoms with Crippen molar-refractivity contribution < 1.29 is 53.0 Å². The van der Waals surface area contributed by atoms with Gasteiger partial charge in [0.2, 0.25) is 0 Å². The Morgan fingerprint density at radius 1 is 1.33 bits per heavy atom. The maximum Gasteiger partial charge on any atom is 0.477 e. The molecule has 0 aliphatic heterocycles. The Morgan fingerprint density at radius 3 is 2.57 bits per heavy atom. The SMILES string of the molecule is COCl.CO[N+](=O)OCCNC(=O)c1ccc[n+](COC(=O)NC(CO)C(=O)O)c1. The fourth-order valence-corrected chi connectivity index (χ4v) is 1.68. The number of rotatable bonds is 11. The smallest absolute Gasteiger partial charge is 0.477 e. The molecule has 0 saturated carbocycles.